The van der Waals surface area contributed by atoms with Crippen LogP contribution in [0.2, 0.25) is 0 Å². The minimum atomic E-state index is -3.16. The number of aliphatic hydroxyl groups excluding tert-OH is 1. The van der Waals surface area contributed by atoms with Crippen LogP contribution in [0.4, 0.5) is 10.1 Å². The van der Waals surface area contributed by atoms with Crippen LogP contribution in [-0.4, -0.2) is 50.3 Å². The summed E-state index contributed by atoms with van der Waals surface area (Å²) in [6.07, 6.45) is 1.19. The van der Waals surface area contributed by atoms with Crippen LogP contribution < -0.4 is 4.90 Å². The number of nitrogens with zero attached hydrogens (tertiary/aromatic N) is 2. The van der Waals surface area contributed by atoms with Gasteiger partial charge in [-0.3, -0.25) is 0 Å². The molecule has 7 heteroatoms. The zero-order chi connectivity index (χ0) is 14.0. The van der Waals surface area contributed by atoms with E-state index in [0.717, 1.165) is 0 Å². The second-order valence-electron chi connectivity index (χ2n) is 4.62. The van der Waals surface area contributed by atoms with Crippen molar-refractivity contribution in [3.8, 4) is 0 Å². The summed E-state index contributed by atoms with van der Waals surface area (Å²) in [5.41, 5.74) is 1.19. The molecule has 0 aliphatic carbocycles. The molecule has 106 valence electrons. The molecule has 0 atom stereocenters. The lowest BCUT2D eigenvalue weighted by atomic mass is 10.1. The van der Waals surface area contributed by atoms with Crippen LogP contribution in [0.15, 0.2) is 18.2 Å². The summed E-state index contributed by atoms with van der Waals surface area (Å²) in [5.74, 6) is -0.396. The van der Waals surface area contributed by atoms with E-state index in [4.69, 9.17) is 5.11 Å². The molecular weight excluding hydrogens is 271 g/mol. The monoisotopic (exact) mass is 288 g/mol. The molecule has 0 spiro atoms. The van der Waals surface area contributed by atoms with Gasteiger partial charge in [0.05, 0.1) is 12.9 Å². The van der Waals surface area contributed by atoms with Gasteiger partial charge >= 0.3 is 0 Å². The summed E-state index contributed by atoms with van der Waals surface area (Å²) in [6, 6.07) is 4.41. The van der Waals surface area contributed by atoms with Gasteiger partial charge in [-0.25, -0.2) is 12.8 Å². The van der Waals surface area contributed by atoms with E-state index >= 15 is 0 Å². The minimum Gasteiger partial charge on any atom is -0.392 e. The van der Waals surface area contributed by atoms with Gasteiger partial charge in [-0.2, -0.15) is 4.31 Å². The van der Waals surface area contributed by atoms with Crippen molar-refractivity contribution in [2.75, 3.05) is 37.3 Å². The molecule has 1 aliphatic heterocycles. The van der Waals surface area contributed by atoms with Gasteiger partial charge in [0.15, 0.2) is 0 Å². The first-order valence-corrected chi connectivity index (χ1v) is 7.85. The molecule has 0 unspecified atom stereocenters. The maximum absolute atomic E-state index is 13.4. The molecule has 2 rings (SSSR count). The number of rotatable bonds is 3. The number of piperazine rings is 1. The standard InChI is InChI=1S/C12H17FN2O3S/c1-19(17,18)15-4-2-14(3-5-15)12-7-10(9-16)6-11(13)8-12/h6-8,16H,2-5,9H2,1H3. The number of benzene rings is 1. The Morgan fingerprint density at radius 2 is 1.84 bits per heavy atom. The fourth-order valence-corrected chi connectivity index (χ4v) is 3.01. The van der Waals surface area contributed by atoms with E-state index in [1.165, 1.54) is 22.7 Å². The Hall–Kier alpha value is -1.18. The van der Waals surface area contributed by atoms with Crippen molar-refractivity contribution in [2.45, 2.75) is 6.61 Å². The zero-order valence-electron chi connectivity index (χ0n) is 10.7. The molecule has 1 aromatic carbocycles. The lowest BCUT2D eigenvalue weighted by molar-refractivity contribution is 0.281. The molecule has 1 aromatic rings. The third kappa shape index (κ3) is 3.43. The van der Waals surface area contributed by atoms with E-state index in [-0.39, 0.29) is 6.61 Å². The number of anilines is 1. The van der Waals surface area contributed by atoms with Gasteiger partial charge < -0.3 is 10.0 Å². The summed E-state index contributed by atoms with van der Waals surface area (Å²) in [7, 11) is -3.16. The SMILES string of the molecule is CS(=O)(=O)N1CCN(c2cc(F)cc(CO)c2)CC1. The molecule has 1 aliphatic rings. The lowest BCUT2D eigenvalue weighted by Gasteiger charge is -2.34. The Morgan fingerprint density at radius 3 is 2.37 bits per heavy atom. The van der Waals surface area contributed by atoms with Gasteiger partial charge in [-0.1, -0.05) is 0 Å². The van der Waals surface area contributed by atoms with Crippen molar-refractivity contribution in [1.29, 1.82) is 0 Å². The van der Waals surface area contributed by atoms with E-state index in [0.29, 0.717) is 37.4 Å². The van der Waals surface area contributed by atoms with Gasteiger partial charge in [0.25, 0.3) is 0 Å². The molecule has 0 aromatic heterocycles. The third-order valence-electron chi connectivity index (χ3n) is 3.20. The first-order chi connectivity index (χ1) is 8.90. The number of hydrogen-bond acceptors (Lipinski definition) is 4. The third-order valence-corrected chi connectivity index (χ3v) is 4.50. The number of halogens is 1. The lowest BCUT2D eigenvalue weighted by Crippen LogP contribution is -2.48. The topological polar surface area (TPSA) is 60.9 Å². The molecule has 5 nitrogen and oxygen atoms in total. The van der Waals surface area contributed by atoms with Crippen molar-refractivity contribution < 1.29 is 17.9 Å². The zero-order valence-corrected chi connectivity index (χ0v) is 11.5. The molecule has 1 saturated heterocycles. The highest BCUT2D eigenvalue weighted by Gasteiger charge is 2.23. The Bertz CT molecular complexity index is 554. The smallest absolute Gasteiger partial charge is 0.211 e. The van der Waals surface area contributed by atoms with Crippen LogP contribution in [0.3, 0.4) is 0 Å². The van der Waals surface area contributed by atoms with E-state index in [9.17, 15) is 12.8 Å². The van der Waals surface area contributed by atoms with Gasteiger partial charge in [-0.15, -0.1) is 0 Å². The van der Waals surface area contributed by atoms with Gasteiger partial charge in [-0.05, 0) is 23.8 Å². The Morgan fingerprint density at radius 1 is 1.21 bits per heavy atom. The molecule has 1 fully saturated rings. The van der Waals surface area contributed by atoms with Gasteiger partial charge in [0.1, 0.15) is 5.82 Å². The highest BCUT2D eigenvalue weighted by molar-refractivity contribution is 7.88. The predicted molar refractivity (Wildman–Crippen MR) is 71.0 cm³/mol. The molecule has 1 heterocycles. The molecule has 0 radical (unpaired) electrons. The Balaban J connectivity index is 2.11. The van der Waals surface area contributed by atoms with Gasteiger partial charge in [0, 0.05) is 31.9 Å². The van der Waals surface area contributed by atoms with Crippen LogP contribution >= 0.6 is 0 Å². The average Bonchev–Trinajstić information content (AvgIpc) is 2.37. The fraction of sp³-hybridized carbons (Fsp3) is 0.500. The van der Waals surface area contributed by atoms with Crippen LogP contribution in [0.5, 0.6) is 0 Å². The first kappa shape index (κ1) is 14.2. The van der Waals surface area contributed by atoms with Crippen LogP contribution in [0, 0.1) is 5.82 Å². The minimum absolute atomic E-state index is 0.214. The normalized spacial score (nSPS) is 17.7. The molecule has 19 heavy (non-hydrogen) atoms. The van der Waals surface area contributed by atoms with Crippen molar-refractivity contribution in [2.24, 2.45) is 0 Å². The van der Waals surface area contributed by atoms with E-state index in [1.54, 1.807) is 6.07 Å². The van der Waals surface area contributed by atoms with E-state index in [1.807, 2.05) is 4.90 Å². The maximum Gasteiger partial charge on any atom is 0.211 e. The highest BCUT2D eigenvalue weighted by Crippen LogP contribution is 2.21. The molecular formula is C12H17FN2O3S. The van der Waals surface area contributed by atoms with Crippen molar-refractivity contribution in [3.05, 3.63) is 29.6 Å². The quantitative estimate of drug-likeness (QED) is 0.874. The molecule has 0 amide bonds. The Labute approximate surface area is 112 Å². The highest BCUT2D eigenvalue weighted by atomic mass is 32.2. The van der Waals surface area contributed by atoms with Crippen LogP contribution in [0.1, 0.15) is 5.56 Å². The largest absolute Gasteiger partial charge is 0.392 e. The maximum atomic E-state index is 13.4. The van der Waals surface area contributed by atoms with Crippen molar-refractivity contribution in [3.63, 3.8) is 0 Å². The van der Waals surface area contributed by atoms with Gasteiger partial charge in [0.2, 0.25) is 10.0 Å². The van der Waals surface area contributed by atoms with Crippen LogP contribution in [0.25, 0.3) is 0 Å². The first-order valence-electron chi connectivity index (χ1n) is 6.00. The molecule has 1 N–H and O–H groups in total. The average molecular weight is 288 g/mol. The number of aliphatic hydroxyl groups is 1. The Kier molecular flexibility index (Phi) is 4.07. The van der Waals surface area contributed by atoms with Crippen LogP contribution in [-0.2, 0) is 16.6 Å². The second-order valence-corrected chi connectivity index (χ2v) is 6.61. The fourth-order valence-electron chi connectivity index (χ4n) is 2.19. The second kappa shape index (κ2) is 5.44. The summed E-state index contributed by atoms with van der Waals surface area (Å²) in [6.45, 7) is 1.60. The predicted octanol–water partition coefficient (Wildman–Crippen LogP) is 0.400. The summed E-state index contributed by atoms with van der Waals surface area (Å²) in [4.78, 5) is 1.92. The van der Waals surface area contributed by atoms with E-state index < -0.39 is 15.8 Å². The van der Waals surface area contributed by atoms with Crippen molar-refractivity contribution >= 4 is 15.7 Å². The number of sulfonamides is 1. The van der Waals surface area contributed by atoms with Crippen molar-refractivity contribution in [1.82, 2.24) is 4.31 Å². The summed E-state index contributed by atoms with van der Waals surface area (Å²) >= 11 is 0. The molecule has 0 saturated carbocycles. The molecule has 0 bridgehead atoms. The van der Waals surface area contributed by atoms with E-state index in [2.05, 4.69) is 0 Å². The summed E-state index contributed by atoms with van der Waals surface area (Å²) in [5, 5.41) is 9.06. The summed E-state index contributed by atoms with van der Waals surface area (Å²) < 4.78 is 37.6. The number of hydrogen-bond donors (Lipinski definition) is 1.